The van der Waals surface area contributed by atoms with Crippen LogP contribution in [0.3, 0.4) is 0 Å². The molecule has 0 saturated carbocycles. The molecular formula is C21H14FN5O2. The third kappa shape index (κ3) is 3.91. The average Bonchev–Trinajstić information content (AvgIpc) is 2.74. The van der Waals surface area contributed by atoms with Gasteiger partial charge in [0.25, 0.3) is 5.69 Å². The van der Waals surface area contributed by atoms with Crippen LogP contribution in [0.5, 0.6) is 0 Å². The van der Waals surface area contributed by atoms with Crippen LogP contribution in [-0.2, 0) is 0 Å². The van der Waals surface area contributed by atoms with Crippen molar-refractivity contribution in [2.24, 2.45) is 5.10 Å². The average molecular weight is 387 g/mol. The summed E-state index contributed by atoms with van der Waals surface area (Å²) in [5.74, 6) is 0.255. The molecule has 1 heterocycles. The highest BCUT2D eigenvalue weighted by molar-refractivity contribution is 5.91. The third-order valence-electron chi connectivity index (χ3n) is 4.21. The predicted molar refractivity (Wildman–Crippen MR) is 109 cm³/mol. The number of benzene rings is 3. The second-order valence-corrected chi connectivity index (χ2v) is 6.11. The fourth-order valence-corrected chi connectivity index (χ4v) is 2.77. The molecule has 1 aromatic heterocycles. The second kappa shape index (κ2) is 7.81. The molecule has 7 nitrogen and oxygen atoms in total. The number of hydrogen-bond donors (Lipinski definition) is 1. The molecule has 29 heavy (non-hydrogen) atoms. The van der Waals surface area contributed by atoms with Crippen LogP contribution < -0.4 is 5.43 Å². The van der Waals surface area contributed by atoms with Gasteiger partial charge in [-0.05, 0) is 42.0 Å². The zero-order chi connectivity index (χ0) is 20.2. The molecule has 0 aliphatic carbocycles. The van der Waals surface area contributed by atoms with E-state index >= 15 is 0 Å². The number of fused-ring (bicyclic) bond motifs is 1. The van der Waals surface area contributed by atoms with Crippen LogP contribution in [0, 0.1) is 15.9 Å². The highest BCUT2D eigenvalue weighted by Crippen LogP contribution is 2.26. The molecule has 0 bridgehead atoms. The number of nitro benzene ring substituents is 1. The number of nitrogens with zero attached hydrogens (tertiary/aromatic N) is 4. The maximum absolute atomic E-state index is 14.2. The number of nitrogens with one attached hydrogen (secondary N) is 1. The molecule has 1 N–H and O–H groups in total. The Morgan fingerprint density at radius 2 is 1.69 bits per heavy atom. The molecule has 0 fully saturated rings. The maximum atomic E-state index is 14.2. The van der Waals surface area contributed by atoms with Gasteiger partial charge in [-0.25, -0.2) is 14.4 Å². The topological polar surface area (TPSA) is 93.3 Å². The van der Waals surface area contributed by atoms with Crippen molar-refractivity contribution in [3.63, 3.8) is 0 Å². The Hall–Kier alpha value is -4.20. The lowest BCUT2D eigenvalue weighted by atomic mass is 10.1. The first-order chi connectivity index (χ1) is 14.1. The molecule has 3 aromatic carbocycles. The first-order valence-corrected chi connectivity index (χ1v) is 8.67. The summed E-state index contributed by atoms with van der Waals surface area (Å²) < 4.78 is 14.2. The third-order valence-corrected chi connectivity index (χ3v) is 4.21. The normalized spacial score (nSPS) is 11.1. The van der Waals surface area contributed by atoms with Gasteiger partial charge in [0.05, 0.1) is 22.2 Å². The van der Waals surface area contributed by atoms with Crippen molar-refractivity contribution in [1.29, 1.82) is 0 Å². The number of non-ortho nitro benzene ring substituents is 1. The molecule has 0 unspecified atom stereocenters. The van der Waals surface area contributed by atoms with E-state index in [9.17, 15) is 14.5 Å². The van der Waals surface area contributed by atoms with E-state index in [1.165, 1.54) is 24.4 Å². The SMILES string of the molecule is O=[N+]([O-])c1ccc(/C=N/Nc2nc(-c3ccccc3F)nc3ccccc23)cc1. The van der Waals surface area contributed by atoms with Crippen LogP contribution in [0.1, 0.15) is 5.56 Å². The van der Waals surface area contributed by atoms with Gasteiger partial charge in [0.15, 0.2) is 11.6 Å². The van der Waals surface area contributed by atoms with Crippen molar-refractivity contribution in [2.75, 3.05) is 5.43 Å². The zero-order valence-electron chi connectivity index (χ0n) is 15.0. The molecule has 0 spiro atoms. The van der Waals surface area contributed by atoms with Crippen LogP contribution in [-0.4, -0.2) is 21.1 Å². The summed E-state index contributed by atoms with van der Waals surface area (Å²) in [6.07, 6.45) is 1.52. The minimum Gasteiger partial charge on any atom is -0.261 e. The van der Waals surface area contributed by atoms with Gasteiger partial charge in [0.1, 0.15) is 5.82 Å². The molecule has 142 valence electrons. The number of hydrogen-bond acceptors (Lipinski definition) is 6. The molecule has 0 aliphatic rings. The maximum Gasteiger partial charge on any atom is 0.269 e. The van der Waals surface area contributed by atoms with Crippen molar-refractivity contribution < 1.29 is 9.31 Å². The molecule has 0 saturated heterocycles. The van der Waals surface area contributed by atoms with Gasteiger partial charge in [-0.15, -0.1) is 0 Å². The number of halogens is 1. The van der Waals surface area contributed by atoms with Crippen LogP contribution in [0.25, 0.3) is 22.3 Å². The number of nitro groups is 1. The van der Waals surface area contributed by atoms with Gasteiger partial charge in [0.2, 0.25) is 0 Å². The van der Waals surface area contributed by atoms with Gasteiger partial charge >= 0.3 is 0 Å². The summed E-state index contributed by atoms with van der Waals surface area (Å²) in [6, 6.07) is 19.6. The summed E-state index contributed by atoms with van der Waals surface area (Å²) in [4.78, 5) is 19.2. The van der Waals surface area contributed by atoms with Crippen molar-refractivity contribution in [3.05, 3.63) is 94.3 Å². The summed E-state index contributed by atoms with van der Waals surface area (Å²) >= 11 is 0. The van der Waals surface area contributed by atoms with Gasteiger partial charge in [0, 0.05) is 17.5 Å². The fourth-order valence-electron chi connectivity index (χ4n) is 2.77. The number of aromatic nitrogens is 2. The van der Waals surface area contributed by atoms with E-state index in [0.29, 0.717) is 22.5 Å². The molecule has 0 amide bonds. The van der Waals surface area contributed by atoms with Crippen LogP contribution in [0.2, 0.25) is 0 Å². The number of anilines is 1. The Morgan fingerprint density at radius 1 is 0.966 bits per heavy atom. The molecule has 0 atom stereocenters. The quantitative estimate of drug-likeness (QED) is 0.302. The van der Waals surface area contributed by atoms with Crippen LogP contribution in [0.15, 0.2) is 77.9 Å². The highest BCUT2D eigenvalue weighted by Gasteiger charge is 2.12. The molecule has 4 aromatic rings. The Kier molecular flexibility index (Phi) is 4.90. The lowest BCUT2D eigenvalue weighted by Crippen LogP contribution is -2.00. The van der Waals surface area contributed by atoms with E-state index in [0.717, 1.165) is 5.39 Å². The molecule has 0 radical (unpaired) electrons. The summed E-state index contributed by atoms with van der Waals surface area (Å²) in [5.41, 5.74) is 4.49. The molecular weight excluding hydrogens is 373 g/mol. The first kappa shape index (κ1) is 18.2. The first-order valence-electron chi connectivity index (χ1n) is 8.67. The lowest BCUT2D eigenvalue weighted by molar-refractivity contribution is -0.384. The van der Waals surface area contributed by atoms with Crippen molar-refractivity contribution in [2.45, 2.75) is 0 Å². The molecule has 0 aliphatic heterocycles. The van der Waals surface area contributed by atoms with Crippen molar-refractivity contribution >= 4 is 28.6 Å². The lowest BCUT2D eigenvalue weighted by Gasteiger charge is -2.08. The standard InChI is InChI=1S/C21H14FN5O2/c22-18-7-3-1-5-16(18)20-24-19-8-4-2-6-17(19)21(25-20)26-23-13-14-9-11-15(12-10-14)27(28)29/h1-13H,(H,24,25,26)/b23-13+. The van der Waals surface area contributed by atoms with E-state index in [4.69, 9.17) is 0 Å². The van der Waals surface area contributed by atoms with Gasteiger partial charge in [-0.1, -0.05) is 24.3 Å². The second-order valence-electron chi connectivity index (χ2n) is 6.11. The monoisotopic (exact) mass is 387 g/mol. The largest absolute Gasteiger partial charge is 0.269 e. The Morgan fingerprint density at radius 3 is 2.45 bits per heavy atom. The highest BCUT2D eigenvalue weighted by atomic mass is 19.1. The number of para-hydroxylation sites is 1. The number of rotatable bonds is 5. The van der Waals surface area contributed by atoms with Gasteiger partial charge < -0.3 is 0 Å². The Bertz CT molecular complexity index is 1230. The van der Waals surface area contributed by atoms with Crippen LogP contribution in [0.4, 0.5) is 15.9 Å². The van der Waals surface area contributed by atoms with Gasteiger partial charge in [-0.2, -0.15) is 5.10 Å². The van der Waals surface area contributed by atoms with Crippen molar-refractivity contribution in [1.82, 2.24) is 9.97 Å². The summed E-state index contributed by atoms with van der Waals surface area (Å²) in [6.45, 7) is 0. The zero-order valence-corrected chi connectivity index (χ0v) is 15.0. The van der Waals surface area contributed by atoms with Gasteiger partial charge in [-0.3, -0.25) is 15.5 Å². The predicted octanol–water partition coefficient (Wildman–Crippen LogP) is 4.79. The summed E-state index contributed by atoms with van der Waals surface area (Å²) in [7, 11) is 0. The van der Waals surface area contributed by atoms with E-state index in [-0.39, 0.29) is 11.5 Å². The Labute approximate surface area is 164 Å². The molecule has 4 rings (SSSR count). The Balaban J connectivity index is 1.67. The van der Waals surface area contributed by atoms with Crippen LogP contribution >= 0.6 is 0 Å². The van der Waals surface area contributed by atoms with E-state index < -0.39 is 10.7 Å². The van der Waals surface area contributed by atoms with Crippen molar-refractivity contribution in [3.8, 4) is 11.4 Å². The smallest absolute Gasteiger partial charge is 0.261 e. The summed E-state index contributed by atoms with van der Waals surface area (Å²) in [5, 5.41) is 15.6. The van der Waals surface area contributed by atoms with E-state index in [1.54, 1.807) is 30.3 Å². The van der Waals surface area contributed by atoms with E-state index in [1.807, 2.05) is 24.3 Å². The fraction of sp³-hybridized carbons (Fsp3) is 0. The molecule has 8 heteroatoms. The number of hydrazone groups is 1. The minimum absolute atomic E-state index is 0.00596. The minimum atomic E-state index is -0.462. The van der Waals surface area contributed by atoms with E-state index in [2.05, 4.69) is 20.5 Å².